The van der Waals surface area contributed by atoms with Gasteiger partial charge in [-0.05, 0) is 12.5 Å². The Kier molecular flexibility index (Phi) is 5.73. The van der Waals surface area contributed by atoms with E-state index in [1.54, 1.807) is 0 Å². The van der Waals surface area contributed by atoms with Crippen molar-refractivity contribution in [2.45, 2.75) is 19.3 Å². The van der Waals surface area contributed by atoms with Gasteiger partial charge >= 0.3 is 0 Å². The van der Waals surface area contributed by atoms with Crippen LogP contribution in [0.3, 0.4) is 0 Å². The third-order valence-electron chi connectivity index (χ3n) is 2.40. The molecule has 0 amide bonds. The van der Waals surface area contributed by atoms with Crippen LogP contribution in [0.15, 0.2) is 24.3 Å². The molecule has 0 bridgehead atoms. The van der Waals surface area contributed by atoms with Crippen molar-refractivity contribution < 1.29 is 18.2 Å². The minimum atomic E-state index is -2.14. The van der Waals surface area contributed by atoms with E-state index in [2.05, 4.69) is 4.72 Å². The molecular formula is C11H17NO4S. The van der Waals surface area contributed by atoms with E-state index in [0.29, 0.717) is 0 Å². The second-order valence-corrected chi connectivity index (χ2v) is 4.33. The lowest BCUT2D eigenvalue weighted by Gasteiger charge is -2.24. The molecule has 0 aliphatic carbocycles. The van der Waals surface area contributed by atoms with Crippen LogP contribution < -0.4 is 4.72 Å². The molecule has 1 aromatic rings. The first-order chi connectivity index (χ1) is 8.08. The molecule has 0 saturated heterocycles. The summed E-state index contributed by atoms with van der Waals surface area (Å²) >= 11 is -2.14. The largest absolute Gasteiger partial charge is 0.354 e. The summed E-state index contributed by atoms with van der Waals surface area (Å²) < 4.78 is 32.5. The van der Waals surface area contributed by atoms with Crippen molar-refractivity contribution in [2.24, 2.45) is 0 Å². The molecule has 0 aliphatic rings. The van der Waals surface area contributed by atoms with Gasteiger partial charge in [0.05, 0.1) is 6.04 Å². The fourth-order valence-electron chi connectivity index (χ4n) is 1.53. The van der Waals surface area contributed by atoms with Gasteiger partial charge in [-0.3, -0.25) is 4.55 Å². The van der Waals surface area contributed by atoms with E-state index in [4.69, 9.17) is 14.0 Å². The Hall–Kier alpha value is -0.790. The molecule has 0 radical (unpaired) electrons. The third kappa shape index (κ3) is 4.18. The minimum Gasteiger partial charge on any atom is -0.354 e. The quantitative estimate of drug-likeness (QED) is 0.598. The Morgan fingerprint density at radius 2 is 1.76 bits per heavy atom. The molecule has 2 N–H and O–H groups in total. The summed E-state index contributed by atoms with van der Waals surface area (Å²) in [6.07, 6.45) is -0.631. The lowest BCUT2D eigenvalue weighted by Crippen LogP contribution is -2.35. The lowest BCUT2D eigenvalue weighted by molar-refractivity contribution is -0.120. The second kappa shape index (κ2) is 6.83. The number of hydrogen-bond donors (Lipinski definition) is 2. The Morgan fingerprint density at radius 1 is 1.24 bits per heavy atom. The predicted molar refractivity (Wildman–Crippen MR) is 65.6 cm³/mol. The van der Waals surface area contributed by atoms with E-state index < -0.39 is 23.6 Å². The smallest absolute Gasteiger partial charge is 0.232 e. The van der Waals surface area contributed by atoms with E-state index in [-0.39, 0.29) is 0 Å². The van der Waals surface area contributed by atoms with E-state index in [1.807, 2.05) is 31.2 Å². The van der Waals surface area contributed by atoms with Gasteiger partial charge in [0.15, 0.2) is 6.29 Å². The highest BCUT2D eigenvalue weighted by atomic mass is 32.2. The maximum atomic E-state index is 10.9. The highest BCUT2D eigenvalue weighted by Gasteiger charge is 2.24. The molecule has 0 saturated carbocycles. The molecule has 0 spiro atoms. The molecule has 1 aromatic carbocycles. The Labute approximate surface area is 104 Å². The van der Waals surface area contributed by atoms with Crippen LogP contribution in [0.25, 0.3) is 0 Å². The molecule has 0 aliphatic heterocycles. The van der Waals surface area contributed by atoms with Crippen molar-refractivity contribution in [1.29, 1.82) is 0 Å². The van der Waals surface area contributed by atoms with E-state index in [9.17, 15) is 4.21 Å². The molecule has 2 unspecified atom stereocenters. The van der Waals surface area contributed by atoms with Gasteiger partial charge in [-0.15, -0.1) is 0 Å². The minimum absolute atomic E-state index is 0.503. The number of hydrogen-bond acceptors (Lipinski definition) is 3. The number of rotatable bonds is 6. The first-order valence-corrected chi connectivity index (χ1v) is 6.18. The first-order valence-electron chi connectivity index (χ1n) is 5.07. The summed E-state index contributed by atoms with van der Waals surface area (Å²) in [7, 11) is 2.97. The number of ether oxygens (including phenoxy) is 2. The van der Waals surface area contributed by atoms with Crippen LogP contribution >= 0.6 is 0 Å². The van der Waals surface area contributed by atoms with Gasteiger partial charge < -0.3 is 9.47 Å². The van der Waals surface area contributed by atoms with E-state index >= 15 is 0 Å². The van der Waals surface area contributed by atoms with Gasteiger partial charge in [-0.25, -0.2) is 8.93 Å². The summed E-state index contributed by atoms with van der Waals surface area (Å²) in [6.45, 7) is 1.97. The van der Waals surface area contributed by atoms with Crippen LogP contribution in [0, 0.1) is 6.92 Å². The zero-order chi connectivity index (χ0) is 12.8. The molecule has 6 heteroatoms. The number of aryl methyl sites for hydroxylation is 1. The van der Waals surface area contributed by atoms with Crippen LogP contribution in [0.5, 0.6) is 0 Å². The highest BCUT2D eigenvalue weighted by molar-refractivity contribution is 7.77. The molecule has 96 valence electrons. The maximum Gasteiger partial charge on any atom is 0.232 e. The fraction of sp³-hybridized carbons (Fsp3) is 0.455. The summed E-state index contributed by atoms with van der Waals surface area (Å²) in [6, 6.07) is 7.08. The standard InChI is InChI=1S/C11H17NO4S/c1-8-4-6-9(7-5-8)10(12-17(13)14)11(15-2)16-3/h4-7,10-12H,1-3H3,(H,13,14). The number of methoxy groups -OCH3 is 2. The Bertz CT molecular complexity index is 364. The van der Waals surface area contributed by atoms with Crippen molar-refractivity contribution in [1.82, 2.24) is 4.72 Å². The SMILES string of the molecule is COC(OC)C(NS(=O)O)c1ccc(C)cc1. The van der Waals surface area contributed by atoms with Gasteiger partial charge in [0, 0.05) is 14.2 Å². The molecule has 0 fully saturated rings. The summed E-state index contributed by atoms with van der Waals surface area (Å²) in [5.41, 5.74) is 1.94. The predicted octanol–water partition coefficient (Wildman–Crippen LogP) is 1.38. The van der Waals surface area contributed by atoms with Gasteiger partial charge in [0.25, 0.3) is 0 Å². The van der Waals surface area contributed by atoms with Crippen molar-refractivity contribution in [3.8, 4) is 0 Å². The lowest BCUT2D eigenvalue weighted by atomic mass is 10.1. The first kappa shape index (κ1) is 14.3. The number of benzene rings is 1. The van der Waals surface area contributed by atoms with Crippen molar-refractivity contribution >= 4 is 11.3 Å². The van der Waals surface area contributed by atoms with E-state index in [1.165, 1.54) is 14.2 Å². The van der Waals surface area contributed by atoms with Gasteiger partial charge in [-0.2, -0.15) is 0 Å². The Balaban J connectivity index is 2.96. The fourth-order valence-corrected chi connectivity index (χ4v) is 2.00. The van der Waals surface area contributed by atoms with Gasteiger partial charge in [-0.1, -0.05) is 29.8 Å². The van der Waals surface area contributed by atoms with Crippen molar-refractivity contribution in [2.75, 3.05) is 14.2 Å². The van der Waals surface area contributed by atoms with E-state index in [0.717, 1.165) is 11.1 Å². The average molecular weight is 259 g/mol. The zero-order valence-corrected chi connectivity index (χ0v) is 10.9. The summed E-state index contributed by atoms with van der Waals surface area (Å²) in [4.78, 5) is 0. The number of nitrogens with one attached hydrogen (secondary N) is 1. The summed E-state index contributed by atoms with van der Waals surface area (Å²) in [5, 5.41) is 0. The van der Waals surface area contributed by atoms with Crippen LogP contribution in [-0.4, -0.2) is 29.3 Å². The topological polar surface area (TPSA) is 67.8 Å². The molecular weight excluding hydrogens is 242 g/mol. The molecule has 0 aromatic heterocycles. The van der Waals surface area contributed by atoms with Crippen molar-refractivity contribution in [3.05, 3.63) is 35.4 Å². The highest BCUT2D eigenvalue weighted by Crippen LogP contribution is 2.20. The summed E-state index contributed by atoms with van der Waals surface area (Å²) in [5.74, 6) is 0. The molecule has 2 atom stereocenters. The second-order valence-electron chi connectivity index (χ2n) is 3.60. The average Bonchev–Trinajstić information content (AvgIpc) is 2.30. The maximum absolute atomic E-state index is 10.9. The zero-order valence-electron chi connectivity index (χ0n) is 10.0. The van der Waals surface area contributed by atoms with Crippen LogP contribution in [0.1, 0.15) is 17.2 Å². The molecule has 1 rings (SSSR count). The third-order valence-corrected chi connectivity index (χ3v) is 2.86. The Morgan fingerprint density at radius 3 is 2.18 bits per heavy atom. The normalized spacial score (nSPS) is 14.9. The van der Waals surface area contributed by atoms with Gasteiger partial charge in [0.2, 0.25) is 11.3 Å². The van der Waals surface area contributed by atoms with Crippen LogP contribution in [-0.2, 0) is 20.7 Å². The van der Waals surface area contributed by atoms with Gasteiger partial charge in [0.1, 0.15) is 0 Å². The van der Waals surface area contributed by atoms with Crippen LogP contribution in [0.2, 0.25) is 0 Å². The monoisotopic (exact) mass is 259 g/mol. The van der Waals surface area contributed by atoms with Crippen molar-refractivity contribution in [3.63, 3.8) is 0 Å². The molecule has 0 heterocycles. The van der Waals surface area contributed by atoms with Crippen LogP contribution in [0.4, 0.5) is 0 Å². The molecule has 5 nitrogen and oxygen atoms in total. The molecule has 17 heavy (non-hydrogen) atoms.